The van der Waals surface area contributed by atoms with E-state index in [1.807, 2.05) is 6.07 Å². The molecule has 0 bridgehead atoms. The summed E-state index contributed by atoms with van der Waals surface area (Å²) in [6.07, 6.45) is 0.970. The Morgan fingerprint density at radius 1 is 1.20 bits per heavy atom. The molecule has 0 amide bonds. The minimum atomic E-state index is -0.0159. The van der Waals surface area contributed by atoms with E-state index >= 15 is 0 Å². The van der Waals surface area contributed by atoms with Crippen molar-refractivity contribution in [1.82, 2.24) is 5.43 Å². The molecule has 4 heteroatoms. The first-order valence-electron chi connectivity index (χ1n) is 6.67. The van der Waals surface area contributed by atoms with Gasteiger partial charge in [-0.3, -0.25) is 5.84 Å². The zero-order valence-electron chi connectivity index (χ0n) is 11.3. The summed E-state index contributed by atoms with van der Waals surface area (Å²) in [4.78, 5) is 0. The van der Waals surface area contributed by atoms with E-state index in [9.17, 15) is 0 Å². The summed E-state index contributed by atoms with van der Waals surface area (Å²) in [7, 11) is 0. The minimum Gasteiger partial charge on any atom is -0.493 e. The maximum Gasteiger partial charge on any atom is 0.122 e. The van der Waals surface area contributed by atoms with Gasteiger partial charge >= 0.3 is 0 Å². The van der Waals surface area contributed by atoms with Gasteiger partial charge in [-0.2, -0.15) is 0 Å². The van der Waals surface area contributed by atoms with E-state index in [4.69, 9.17) is 10.6 Å². The highest BCUT2D eigenvalue weighted by Crippen LogP contribution is 2.31. The third kappa shape index (κ3) is 2.46. The Morgan fingerprint density at radius 2 is 1.95 bits per heavy atom. The van der Waals surface area contributed by atoms with E-state index in [1.165, 1.54) is 11.1 Å². The summed E-state index contributed by atoms with van der Waals surface area (Å²) in [5.74, 6) is 6.77. The number of ether oxygens (including phenoxy) is 1. The number of fused-ring (bicyclic) bond motifs is 1. The molecule has 3 N–H and O–H groups in total. The molecule has 2 aromatic rings. The van der Waals surface area contributed by atoms with Gasteiger partial charge in [0.15, 0.2) is 0 Å². The highest BCUT2D eigenvalue weighted by molar-refractivity contribution is 9.10. The number of hydrogen-bond acceptors (Lipinski definition) is 3. The number of benzene rings is 2. The minimum absolute atomic E-state index is 0.0159. The summed E-state index contributed by atoms with van der Waals surface area (Å²) in [5.41, 5.74) is 7.69. The van der Waals surface area contributed by atoms with E-state index in [1.54, 1.807) is 0 Å². The molecular weight excluding hydrogens is 316 g/mol. The van der Waals surface area contributed by atoms with Gasteiger partial charge in [0.05, 0.1) is 12.6 Å². The first kappa shape index (κ1) is 13.6. The molecule has 1 unspecified atom stereocenters. The lowest BCUT2D eigenvalue weighted by molar-refractivity contribution is 0.357. The molecule has 1 aliphatic heterocycles. The number of halogens is 1. The zero-order chi connectivity index (χ0) is 14.1. The number of nitrogens with one attached hydrogen (secondary N) is 1. The van der Waals surface area contributed by atoms with Gasteiger partial charge in [-0.1, -0.05) is 40.2 Å². The van der Waals surface area contributed by atoms with Crippen LogP contribution in [-0.2, 0) is 6.42 Å². The summed E-state index contributed by atoms with van der Waals surface area (Å²) in [6.45, 7) is 2.85. The molecule has 0 radical (unpaired) electrons. The van der Waals surface area contributed by atoms with Crippen LogP contribution in [0.1, 0.15) is 28.3 Å². The van der Waals surface area contributed by atoms with Gasteiger partial charge in [-0.05, 0) is 41.3 Å². The summed E-state index contributed by atoms with van der Waals surface area (Å²) >= 11 is 3.58. The number of nitrogens with two attached hydrogens (primary N) is 1. The Labute approximate surface area is 127 Å². The summed E-state index contributed by atoms with van der Waals surface area (Å²) in [6, 6.07) is 12.6. The number of hydrazine groups is 1. The van der Waals surface area contributed by atoms with Crippen LogP contribution in [0.25, 0.3) is 0 Å². The quantitative estimate of drug-likeness (QED) is 0.670. The molecule has 1 aliphatic rings. The van der Waals surface area contributed by atoms with Gasteiger partial charge < -0.3 is 4.74 Å². The second kappa shape index (κ2) is 5.56. The third-order valence-corrected chi connectivity index (χ3v) is 4.60. The van der Waals surface area contributed by atoms with E-state index in [0.717, 1.165) is 34.4 Å². The predicted octanol–water partition coefficient (Wildman–Crippen LogP) is 3.25. The van der Waals surface area contributed by atoms with Crippen molar-refractivity contribution in [2.45, 2.75) is 19.4 Å². The first-order valence-corrected chi connectivity index (χ1v) is 7.46. The van der Waals surface area contributed by atoms with Crippen LogP contribution in [0.3, 0.4) is 0 Å². The van der Waals surface area contributed by atoms with E-state index in [-0.39, 0.29) is 6.04 Å². The average Bonchev–Trinajstić information content (AvgIpc) is 2.91. The van der Waals surface area contributed by atoms with Crippen LogP contribution in [0.4, 0.5) is 0 Å². The Bertz CT molecular complexity index is 642. The van der Waals surface area contributed by atoms with Crippen molar-refractivity contribution in [1.29, 1.82) is 0 Å². The molecule has 2 aromatic carbocycles. The Balaban J connectivity index is 1.98. The van der Waals surface area contributed by atoms with Crippen molar-refractivity contribution in [3.8, 4) is 5.75 Å². The molecule has 0 saturated heterocycles. The fourth-order valence-electron chi connectivity index (χ4n) is 2.56. The second-order valence-corrected chi connectivity index (χ2v) is 5.93. The molecule has 1 heterocycles. The van der Waals surface area contributed by atoms with Crippen LogP contribution in [0.5, 0.6) is 5.75 Å². The van der Waals surface area contributed by atoms with E-state index in [0.29, 0.717) is 0 Å². The van der Waals surface area contributed by atoms with Crippen LogP contribution in [0, 0.1) is 6.92 Å². The highest BCUT2D eigenvalue weighted by atomic mass is 79.9. The standard InChI is InChI=1S/C16H17BrN2O/c1-10-2-3-13(9-14(10)17)16(19-18)12-4-5-15-11(8-12)6-7-20-15/h2-5,8-9,16,19H,6-7,18H2,1H3. The smallest absolute Gasteiger partial charge is 0.122 e. The third-order valence-electron chi connectivity index (χ3n) is 3.74. The molecule has 3 nitrogen and oxygen atoms in total. The molecule has 3 rings (SSSR count). The average molecular weight is 333 g/mol. The molecule has 0 saturated carbocycles. The fourth-order valence-corrected chi connectivity index (χ4v) is 2.96. The Kier molecular flexibility index (Phi) is 3.78. The molecule has 20 heavy (non-hydrogen) atoms. The number of aryl methyl sites for hydroxylation is 1. The molecule has 1 atom stereocenters. The van der Waals surface area contributed by atoms with Crippen molar-refractivity contribution < 1.29 is 4.74 Å². The molecule has 0 fully saturated rings. The summed E-state index contributed by atoms with van der Waals surface area (Å²) < 4.78 is 6.65. The molecular formula is C16H17BrN2O. The van der Waals surface area contributed by atoms with Crippen molar-refractivity contribution in [2.24, 2.45) is 5.84 Å². The van der Waals surface area contributed by atoms with Crippen molar-refractivity contribution in [3.05, 3.63) is 63.1 Å². The van der Waals surface area contributed by atoms with Gasteiger partial charge in [0.2, 0.25) is 0 Å². The monoisotopic (exact) mass is 332 g/mol. The van der Waals surface area contributed by atoms with Gasteiger partial charge in [0, 0.05) is 10.9 Å². The Hall–Kier alpha value is -1.36. The SMILES string of the molecule is Cc1ccc(C(NN)c2ccc3c(c2)CCO3)cc1Br. The van der Waals surface area contributed by atoms with Gasteiger partial charge in [0.25, 0.3) is 0 Å². The van der Waals surface area contributed by atoms with Crippen LogP contribution in [-0.4, -0.2) is 6.61 Å². The first-order chi connectivity index (χ1) is 9.69. The van der Waals surface area contributed by atoms with Gasteiger partial charge in [0.1, 0.15) is 5.75 Å². The molecule has 104 valence electrons. The molecule has 0 aromatic heterocycles. The van der Waals surface area contributed by atoms with Crippen LogP contribution >= 0.6 is 15.9 Å². The number of hydrogen-bond donors (Lipinski definition) is 2. The van der Waals surface area contributed by atoms with Gasteiger partial charge in [-0.15, -0.1) is 0 Å². The van der Waals surface area contributed by atoms with Gasteiger partial charge in [-0.25, -0.2) is 5.43 Å². The summed E-state index contributed by atoms with van der Waals surface area (Å²) in [5, 5.41) is 0. The van der Waals surface area contributed by atoms with Crippen molar-refractivity contribution >= 4 is 15.9 Å². The van der Waals surface area contributed by atoms with Crippen LogP contribution in [0.15, 0.2) is 40.9 Å². The highest BCUT2D eigenvalue weighted by Gasteiger charge is 2.18. The number of rotatable bonds is 3. The van der Waals surface area contributed by atoms with Crippen molar-refractivity contribution in [3.63, 3.8) is 0 Å². The van der Waals surface area contributed by atoms with Crippen LogP contribution in [0.2, 0.25) is 0 Å². The molecule has 0 aliphatic carbocycles. The predicted molar refractivity (Wildman–Crippen MR) is 83.7 cm³/mol. The largest absolute Gasteiger partial charge is 0.493 e. The molecule has 0 spiro atoms. The van der Waals surface area contributed by atoms with Crippen LogP contribution < -0.4 is 16.0 Å². The maximum absolute atomic E-state index is 5.77. The second-order valence-electron chi connectivity index (χ2n) is 5.07. The van der Waals surface area contributed by atoms with E-state index in [2.05, 4.69) is 58.6 Å². The zero-order valence-corrected chi connectivity index (χ0v) is 12.9. The Morgan fingerprint density at radius 3 is 2.70 bits per heavy atom. The normalized spacial score (nSPS) is 14.8. The maximum atomic E-state index is 5.77. The van der Waals surface area contributed by atoms with E-state index < -0.39 is 0 Å². The lowest BCUT2D eigenvalue weighted by atomic mass is 9.96. The lowest BCUT2D eigenvalue weighted by Crippen LogP contribution is -2.28. The lowest BCUT2D eigenvalue weighted by Gasteiger charge is -2.18. The van der Waals surface area contributed by atoms with Crippen molar-refractivity contribution in [2.75, 3.05) is 6.61 Å². The topological polar surface area (TPSA) is 47.3 Å². The fraction of sp³-hybridized carbons (Fsp3) is 0.250.